The number of hydrogen-bond acceptors (Lipinski definition) is 1. The van der Waals surface area contributed by atoms with Crippen molar-refractivity contribution in [2.75, 3.05) is 0 Å². The fourth-order valence-corrected chi connectivity index (χ4v) is 2.02. The molecule has 0 aliphatic heterocycles. The molecular formula is C20H35N. The third-order valence-corrected chi connectivity index (χ3v) is 3.73. The quantitative estimate of drug-likeness (QED) is 0.436. The number of aryl methyl sites for hydroxylation is 1. The summed E-state index contributed by atoms with van der Waals surface area (Å²) in [6.07, 6.45) is 10.3. The summed E-state index contributed by atoms with van der Waals surface area (Å²) in [6, 6.07) is 8.52. The van der Waals surface area contributed by atoms with Crippen LogP contribution in [0.4, 0.5) is 0 Å². The van der Waals surface area contributed by atoms with E-state index in [1.165, 1.54) is 48.8 Å². The van der Waals surface area contributed by atoms with Gasteiger partial charge in [-0.1, -0.05) is 89.3 Å². The van der Waals surface area contributed by atoms with Gasteiger partial charge in [-0.05, 0) is 30.4 Å². The number of benzene rings is 1. The first kappa shape index (κ1) is 19.9. The Balaban J connectivity index is 0.000000486. The molecule has 0 saturated carbocycles. The molecule has 0 amide bonds. The maximum absolute atomic E-state index is 5.53. The lowest BCUT2D eigenvalue weighted by molar-refractivity contribution is 0.656. The largest absolute Gasteiger partial charge is 0.326 e. The lowest BCUT2D eigenvalue weighted by Gasteiger charge is -2.03. The standard InChI is InChI=1S/C13H19N.C7H16/c1-3-11(2)4-5-12-6-8-13(10-14)9-7-12;1-3-5-7-6-4-2/h6-9H,2-5,10,14H2,1H3;3-7H2,1-2H3. The van der Waals surface area contributed by atoms with Crippen molar-refractivity contribution in [1.82, 2.24) is 0 Å². The minimum atomic E-state index is 0.627. The molecule has 1 nitrogen and oxygen atoms in total. The van der Waals surface area contributed by atoms with E-state index in [4.69, 9.17) is 5.73 Å². The van der Waals surface area contributed by atoms with Crippen molar-refractivity contribution in [2.45, 2.75) is 78.7 Å². The Morgan fingerprint density at radius 2 is 1.43 bits per heavy atom. The number of rotatable bonds is 9. The summed E-state index contributed by atoms with van der Waals surface area (Å²) in [5.41, 5.74) is 9.43. The molecule has 0 radical (unpaired) electrons. The van der Waals surface area contributed by atoms with Crippen LogP contribution in [0.1, 0.15) is 76.8 Å². The molecule has 0 aromatic heterocycles. The first-order valence-electron chi connectivity index (χ1n) is 8.62. The Morgan fingerprint density at radius 1 is 0.905 bits per heavy atom. The molecule has 1 aromatic carbocycles. The van der Waals surface area contributed by atoms with Crippen LogP contribution in [0.5, 0.6) is 0 Å². The Hall–Kier alpha value is -1.08. The normalized spacial score (nSPS) is 9.90. The van der Waals surface area contributed by atoms with E-state index >= 15 is 0 Å². The average Bonchev–Trinajstić information content (AvgIpc) is 2.54. The highest BCUT2D eigenvalue weighted by atomic mass is 14.5. The van der Waals surface area contributed by atoms with E-state index < -0.39 is 0 Å². The summed E-state index contributed by atoms with van der Waals surface area (Å²) in [6.45, 7) is 11.3. The lowest BCUT2D eigenvalue weighted by Crippen LogP contribution is -1.96. The van der Waals surface area contributed by atoms with Gasteiger partial charge in [0.05, 0.1) is 0 Å². The van der Waals surface area contributed by atoms with Crippen LogP contribution in [0.3, 0.4) is 0 Å². The van der Waals surface area contributed by atoms with Crippen LogP contribution < -0.4 is 5.73 Å². The Kier molecular flexibility index (Phi) is 13.2. The zero-order valence-electron chi connectivity index (χ0n) is 14.5. The summed E-state index contributed by atoms with van der Waals surface area (Å²) in [5, 5.41) is 0. The van der Waals surface area contributed by atoms with Gasteiger partial charge in [0.25, 0.3) is 0 Å². The van der Waals surface area contributed by atoms with E-state index in [1.807, 2.05) is 0 Å². The third-order valence-electron chi connectivity index (χ3n) is 3.73. The zero-order valence-corrected chi connectivity index (χ0v) is 14.5. The topological polar surface area (TPSA) is 26.0 Å². The maximum Gasteiger partial charge on any atom is 0.0178 e. The highest BCUT2D eigenvalue weighted by molar-refractivity contribution is 5.23. The summed E-state index contributed by atoms with van der Waals surface area (Å²) in [5.74, 6) is 0. The lowest BCUT2D eigenvalue weighted by atomic mass is 10.0. The molecule has 120 valence electrons. The molecule has 0 aliphatic rings. The molecule has 1 rings (SSSR count). The molecule has 0 heterocycles. The van der Waals surface area contributed by atoms with Crippen molar-refractivity contribution >= 4 is 0 Å². The van der Waals surface area contributed by atoms with Crippen LogP contribution in [-0.2, 0) is 13.0 Å². The van der Waals surface area contributed by atoms with Crippen LogP contribution in [0.15, 0.2) is 36.4 Å². The van der Waals surface area contributed by atoms with Gasteiger partial charge in [-0.3, -0.25) is 0 Å². The number of allylic oxidation sites excluding steroid dienone is 1. The molecule has 0 saturated heterocycles. The Labute approximate surface area is 132 Å². The molecule has 0 spiro atoms. The van der Waals surface area contributed by atoms with Crippen molar-refractivity contribution in [3.8, 4) is 0 Å². The van der Waals surface area contributed by atoms with Gasteiger partial charge in [-0.25, -0.2) is 0 Å². The number of unbranched alkanes of at least 4 members (excludes halogenated alkanes) is 4. The van der Waals surface area contributed by atoms with Crippen LogP contribution in [-0.4, -0.2) is 0 Å². The van der Waals surface area contributed by atoms with Crippen molar-refractivity contribution in [2.24, 2.45) is 5.73 Å². The van der Waals surface area contributed by atoms with Crippen LogP contribution >= 0.6 is 0 Å². The molecule has 1 aromatic rings. The fourth-order valence-electron chi connectivity index (χ4n) is 2.02. The molecular weight excluding hydrogens is 254 g/mol. The molecule has 21 heavy (non-hydrogen) atoms. The summed E-state index contributed by atoms with van der Waals surface area (Å²) in [7, 11) is 0. The smallest absolute Gasteiger partial charge is 0.0178 e. The Morgan fingerprint density at radius 3 is 1.86 bits per heavy atom. The third kappa shape index (κ3) is 11.3. The van der Waals surface area contributed by atoms with Crippen molar-refractivity contribution in [3.63, 3.8) is 0 Å². The van der Waals surface area contributed by atoms with E-state index in [0.717, 1.165) is 19.3 Å². The SMILES string of the molecule is C=C(CC)CCc1ccc(CN)cc1.CCCCCCC. The van der Waals surface area contributed by atoms with Crippen LogP contribution in [0, 0.1) is 0 Å². The molecule has 0 bridgehead atoms. The average molecular weight is 290 g/mol. The van der Waals surface area contributed by atoms with Gasteiger partial charge in [0.1, 0.15) is 0 Å². The highest BCUT2D eigenvalue weighted by Crippen LogP contribution is 2.11. The number of nitrogens with two attached hydrogens (primary N) is 1. The predicted octanol–water partition coefficient (Wildman–Crippen LogP) is 6.02. The van der Waals surface area contributed by atoms with Crippen molar-refractivity contribution in [3.05, 3.63) is 47.5 Å². The van der Waals surface area contributed by atoms with Gasteiger partial charge in [-0.2, -0.15) is 0 Å². The zero-order chi connectivity index (χ0) is 15.9. The van der Waals surface area contributed by atoms with E-state index in [0.29, 0.717) is 6.54 Å². The highest BCUT2D eigenvalue weighted by Gasteiger charge is 1.95. The van der Waals surface area contributed by atoms with Crippen LogP contribution in [0.2, 0.25) is 0 Å². The van der Waals surface area contributed by atoms with E-state index in [1.54, 1.807) is 0 Å². The van der Waals surface area contributed by atoms with Gasteiger partial charge in [0.2, 0.25) is 0 Å². The molecule has 1 heteroatoms. The first-order chi connectivity index (χ1) is 10.2. The minimum Gasteiger partial charge on any atom is -0.326 e. The minimum absolute atomic E-state index is 0.627. The number of hydrogen-bond donors (Lipinski definition) is 1. The second-order valence-corrected chi connectivity index (χ2v) is 5.68. The predicted molar refractivity (Wildman–Crippen MR) is 96.5 cm³/mol. The van der Waals surface area contributed by atoms with Crippen LogP contribution in [0.25, 0.3) is 0 Å². The Bertz CT molecular complexity index is 347. The molecule has 2 N–H and O–H groups in total. The van der Waals surface area contributed by atoms with Crippen molar-refractivity contribution in [1.29, 1.82) is 0 Å². The van der Waals surface area contributed by atoms with Gasteiger partial charge in [0, 0.05) is 6.54 Å². The first-order valence-corrected chi connectivity index (χ1v) is 8.62. The second-order valence-electron chi connectivity index (χ2n) is 5.68. The van der Waals surface area contributed by atoms with E-state index in [9.17, 15) is 0 Å². The van der Waals surface area contributed by atoms with Gasteiger partial charge < -0.3 is 5.73 Å². The van der Waals surface area contributed by atoms with Gasteiger partial charge in [-0.15, -0.1) is 0 Å². The molecule has 0 aliphatic carbocycles. The monoisotopic (exact) mass is 289 g/mol. The van der Waals surface area contributed by atoms with Gasteiger partial charge >= 0.3 is 0 Å². The summed E-state index contributed by atoms with van der Waals surface area (Å²) >= 11 is 0. The maximum atomic E-state index is 5.53. The van der Waals surface area contributed by atoms with E-state index in [2.05, 4.69) is 51.6 Å². The fraction of sp³-hybridized carbons (Fsp3) is 0.600. The van der Waals surface area contributed by atoms with Crippen molar-refractivity contribution < 1.29 is 0 Å². The molecule has 0 unspecified atom stereocenters. The van der Waals surface area contributed by atoms with E-state index in [-0.39, 0.29) is 0 Å². The summed E-state index contributed by atoms with van der Waals surface area (Å²) < 4.78 is 0. The summed E-state index contributed by atoms with van der Waals surface area (Å²) in [4.78, 5) is 0. The molecule has 0 fully saturated rings. The second kappa shape index (κ2) is 13.9. The molecule has 0 atom stereocenters. The van der Waals surface area contributed by atoms with Gasteiger partial charge in [0.15, 0.2) is 0 Å².